The summed E-state index contributed by atoms with van der Waals surface area (Å²) in [6.07, 6.45) is 35.6. The number of carbonyl (C=O) groups excluding carboxylic acids is 3. The molecule has 8 nitrogen and oxygen atoms in total. The van der Waals surface area contributed by atoms with E-state index in [4.69, 9.17) is 14.2 Å². The second-order valence-corrected chi connectivity index (χ2v) is 16.3. The number of hydrogen-bond donors (Lipinski definition) is 0. The minimum Gasteiger partial charge on any atom is -0.544 e. The summed E-state index contributed by atoms with van der Waals surface area (Å²) in [6, 6.07) is -0.718. The molecule has 0 aromatic rings. The van der Waals surface area contributed by atoms with E-state index in [1.807, 2.05) is 0 Å². The number of carboxylic acid groups (broad SMARTS) is 1. The van der Waals surface area contributed by atoms with E-state index in [2.05, 4.69) is 13.8 Å². The fourth-order valence-corrected chi connectivity index (χ4v) is 6.78. The van der Waals surface area contributed by atoms with Crippen LogP contribution < -0.4 is 5.11 Å². The number of nitrogens with zero attached hydrogens (tertiary/aromatic N) is 1. The first kappa shape index (κ1) is 50.3. The van der Waals surface area contributed by atoms with Gasteiger partial charge in [0.05, 0.1) is 40.3 Å². The van der Waals surface area contributed by atoms with Gasteiger partial charge in [-0.1, -0.05) is 181 Å². The summed E-state index contributed by atoms with van der Waals surface area (Å²) in [4.78, 5) is 36.7. The van der Waals surface area contributed by atoms with Crippen molar-refractivity contribution in [3.05, 3.63) is 0 Å². The lowest BCUT2D eigenvalue weighted by Gasteiger charge is -2.34. The number of rotatable bonds is 40. The second-order valence-electron chi connectivity index (χ2n) is 16.3. The fraction of sp³-hybridized carbons (Fsp3) is 0.932. The first-order valence-corrected chi connectivity index (χ1v) is 22.1. The molecule has 2 atom stereocenters. The molecule has 0 N–H and O–H groups in total. The van der Waals surface area contributed by atoms with Gasteiger partial charge in [-0.25, -0.2) is 0 Å². The van der Waals surface area contributed by atoms with Crippen LogP contribution >= 0.6 is 0 Å². The van der Waals surface area contributed by atoms with Crippen molar-refractivity contribution in [2.24, 2.45) is 0 Å². The highest BCUT2D eigenvalue weighted by molar-refractivity contribution is 5.70. The smallest absolute Gasteiger partial charge is 0.306 e. The van der Waals surface area contributed by atoms with Crippen molar-refractivity contribution in [1.82, 2.24) is 0 Å². The number of quaternary nitrogens is 1. The van der Waals surface area contributed by atoms with Gasteiger partial charge < -0.3 is 28.6 Å². The minimum atomic E-state index is -1.12. The molecule has 0 amide bonds. The molecule has 0 saturated heterocycles. The Hall–Kier alpha value is -1.67. The zero-order valence-corrected chi connectivity index (χ0v) is 35.0. The molecule has 0 saturated carbocycles. The fourth-order valence-electron chi connectivity index (χ4n) is 6.78. The molecule has 0 spiro atoms. The molecule has 52 heavy (non-hydrogen) atoms. The van der Waals surface area contributed by atoms with Crippen molar-refractivity contribution >= 4 is 17.9 Å². The molecule has 0 heterocycles. The normalized spacial score (nSPS) is 12.9. The number of hydrogen-bond acceptors (Lipinski definition) is 7. The zero-order chi connectivity index (χ0) is 38.5. The van der Waals surface area contributed by atoms with E-state index < -0.39 is 18.1 Å². The lowest BCUT2D eigenvalue weighted by atomic mass is 10.0. The number of ether oxygens (including phenoxy) is 3. The third-order valence-electron chi connectivity index (χ3n) is 10.2. The Morgan fingerprint density at radius 1 is 0.500 bits per heavy atom. The van der Waals surface area contributed by atoms with Crippen LogP contribution in [-0.4, -0.2) is 75.5 Å². The number of unbranched alkanes of at least 4 members (excludes halogenated alkanes) is 26. The van der Waals surface area contributed by atoms with Crippen LogP contribution in [0.25, 0.3) is 0 Å². The second kappa shape index (κ2) is 36.3. The molecule has 0 aromatic carbocycles. The predicted molar refractivity (Wildman–Crippen MR) is 213 cm³/mol. The molecule has 0 rings (SSSR count). The standard InChI is InChI=1S/C44H85NO7/c1-6-8-10-12-14-16-17-18-19-20-21-22-23-24-25-27-29-31-33-35-43(47)52-40(38-50-37-36-41(44(48)49)45(3,4)5)39-51-42(46)34-32-30-28-26-15-13-11-9-7-2/h40-41H,6-39H2,1-5H3. The monoisotopic (exact) mass is 740 g/mol. The third-order valence-corrected chi connectivity index (χ3v) is 10.2. The average molecular weight is 740 g/mol. The van der Waals surface area contributed by atoms with Crippen LogP contribution in [0.15, 0.2) is 0 Å². The average Bonchev–Trinajstić information content (AvgIpc) is 3.09. The SMILES string of the molecule is CCCCCCCCCCCCCCCCCCCCCC(=O)OC(COCCC(C(=O)[O-])[N+](C)(C)C)COC(=O)CCCCCCCCCCC. The van der Waals surface area contributed by atoms with Gasteiger partial charge in [0, 0.05) is 19.3 Å². The molecule has 0 aliphatic rings. The van der Waals surface area contributed by atoms with E-state index in [0.29, 0.717) is 12.8 Å². The zero-order valence-electron chi connectivity index (χ0n) is 35.0. The van der Waals surface area contributed by atoms with Crippen LogP contribution in [0.2, 0.25) is 0 Å². The van der Waals surface area contributed by atoms with Gasteiger partial charge in [-0.15, -0.1) is 0 Å². The summed E-state index contributed by atoms with van der Waals surface area (Å²) < 4.78 is 17.1. The van der Waals surface area contributed by atoms with E-state index in [1.54, 1.807) is 21.1 Å². The maximum Gasteiger partial charge on any atom is 0.306 e. The minimum absolute atomic E-state index is 0.0488. The Labute approximate surface area is 321 Å². The molecule has 0 fully saturated rings. The molecule has 0 radical (unpaired) electrons. The lowest BCUT2D eigenvalue weighted by molar-refractivity contribution is -0.889. The molecule has 0 aromatic heterocycles. The summed E-state index contributed by atoms with van der Waals surface area (Å²) in [5.41, 5.74) is 0. The summed E-state index contributed by atoms with van der Waals surface area (Å²) in [5.74, 6) is -1.72. The van der Waals surface area contributed by atoms with E-state index >= 15 is 0 Å². The van der Waals surface area contributed by atoms with Gasteiger partial charge >= 0.3 is 11.9 Å². The third kappa shape index (κ3) is 34.1. The van der Waals surface area contributed by atoms with Crippen LogP contribution in [0.1, 0.15) is 213 Å². The summed E-state index contributed by atoms with van der Waals surface area (Å²) in [5, 5.41) is 11.6. The van der Waals surface area contributed by atoms with Gasteiger partial charge in [-0.3, -0.25) is 9.59 Å². The number of carbonyl (C=O) groups is 3. The molecule has 2 unspecified atom stereocenters. The van der Waals surface area contributed by atoms with Crippen LogP contribution in [-0.2, 0) is 28.6 Å². The Bertz CT molecular complexity index is 828. The van der Waals surface area contributed by atoms with E-state index in [-0.39, 0.29) is 42.7 Å². The van der Waals surface area contributed by atoms with Gasteiger partial charge in [0.25, 0.3) is 0 Å². The Balaban J connectivity index is 4.22. The summed E-state index contributed by atoms with van der Waals surface area (Å²) in [7, 11) is 5.41. The Morgan fingerprint density at radius 3 is 1.19 bits per heavy atom. The highest BCUT2D eigenvalue weighted by Gasteiger charge is 2.25. The predicted octanol–water partition coefficient (Wildman–Crippen LogP) is 10.4. The maximum absolute atomic E-state index is 12.7. The number of carboxylic acids is 1. The number of aliphatic carboxylic acids is 1. The highest BCUT2D eigenvalue weighted by atomic mass is 16.6. The van der Waals surface area contributed by atoms with Crippen molar-refractivity contribution in [1.29, 1.82) is 0 Å². The van der Waals surface area contributed by atoms with E-state index in [1.165, 1.54) is 141 Å². The van der Waals surface area contributed by atoms with Crippen molar-refractivity contribution in [3.8, 4) is 0 Å². The van der Waals surface area contributed by atoms with Crippen molar-refractivity contribution in [2.45, 2.75) is 225 Å². The van der Waals surface area contributed by atoms with Gasteiger partial charge in [0.2, 0.25) is 0 Å². The van der Waals surface area contributed by atoms with Crippen LogP contribution in [0, 0.1) is 0 Å². The van der Waals surface area contributed by atoms with Crippen molar-refractivity contribution < 1.29 is 38.2 Å². The molecule has 0 bridgehead atoms. The summed E-state index contributed by atoms with van der Waals surface area (Å²) in [6.45, 7) is 4.67. The largest absolute Gasteiger partial charge is 0.544 e. The molecule has 0 aliphatic heterocycles. The summed E-state index contributed by atoms with van der Waals surface area (Å²) >= 11 is 0. The van der Waals surface area contributed by atoms with Crippen LogP contribution in [0.4, 0.5) is 0 Å². The lowest BCUT2D eigenvalue weighted by Crippen LogP contribution is -2.55. The van der Waals surface area contributed by atoms with Gasteiger partial charge in [-0.05, 0) is 12.8 Å². The first-order chi connectivity index (χ1) is 25.1. The van der Waals surface area contributed by atoms with Crippen LogP contribution in [0.3, 0.4) is 0 Å². The van der Waals surface area contributed by atoms with Crippen molar-refractivity contribution in [2.75, 3.05) is 41.0 Å². The van der Waals surface area contributed by atoms with Crippen LogP contribution in [0.5, 0.6) is 0 Å². The van der Waals surface area contributed by atoms with E-state index in [0.717, 1.165) is 38.5 Å². The number of likely N-dealkylation sites (N-methyl/N-ethyl adjacent to an activating group) is 1. The molecule has 308 valence electrons. The van der Waals surface area contributed by atoms with Gasteiger partial charge in [0.1, 0.15) is 12.6 Å². The highest BCUT2D eigenvalue weighted by Crippen LogP contribution is 2.16. The topological polar surface area (TPSA) is 102 Å². The molecule has 8 heteroatoms. The van der Waals surface area contributed by atoms with E-state index in [9.17, 15) is 19.5 Å². The number of esters is 2. The molecular weight excluding hydrogens is 654 g/mol. The first-order valence-electron chi connectivity index (χ1n) is 22.1. The van der Waals surface area contributed by atoms with Crippen molar-refractivity contribution in [3.63, 3.8) is 0 Å². The van der Waals surface area contributed by atoms with Gasteiger partial charge in [-0.2, -0.15) is 0 Å². The maximum atomic E-state index is 12.7. The Morgan fingerprint density at radius 2 is 0.846 bits per heavy atom. The Kier molecular flexibility index (Phi) is 35.1. The molecule has 0 aliphatic carbocycles. The quantitative estimate of drug-likeness (QED) is 0.0350. The molecular formula is C44H85NO7. The van der Waals surface area contributed by atoms with Gasteiger partial charge in [0.15, 0.2) is 6.10 Å².